The van der Waals surface area contributed by atoms with Gasteiger partial charge in [0.05, 0.1) is 12.1 Å². The Morgan fingerprint density at radius 3 is 2.42 bits per heavy atom. The molecule has 0 saturated heterocycles. The molecule has 1 rings (SSSR count). The molecule has 0 heterocycles. The highest BCUT2D eigenvalue weighted by Crippen LogP contribution is 2.15. The Hall–Kier alpha value is -0.860. The first kappa shape index (κ1) is 9.23. The van der Waals surface area contributed by atoms with E-state index >= 15 is 0 Å². The standard InChI is InChI=1S/C10H15NO/c1-2-9(12)10(11)8-6-4-3-5-7-8/h3-7,9-10,12H,2,11H2,1H3/t9-,10+/m0/s1. The fourth-order valence-corrected chi connectivity index (χ4v) is 1.15. The molecule has 0 aliphatic carbocycles. The summed E-state index contributed by atoms with van der Waals surface area (Å²) in [6, 6.07) is 9.41. The summed E-state index contributed by atoms with van der Waals surface area (Å²) in [5.74, 6) is 0. The SMILES string of the molecule is CC[C@H](O)[C@H](N)c1ccccc1. The number of hydrogen-bond donors (Lipinski definition) is 2. The van der Waals surface area contributed by atoms with E-state index < -0.39 is 6.10 Å². The zero-order chi connectivity index (χ0) is 8.97. The van der Waals surface area contributed by atoms with Crippen molar-refractivity contribution in [3.8, 4) is 0 Å². The Morgan fingerprint density at radius 2 is 1.92 bits per heavy atom. The van der Waals surface area contributed by atoms with E-state index in [1.165, 1.54) is 0 Å². The molecule has 2 nitrogen and oxygen atoms in total. The number of benzene rings is 1. The van der Waals surface area contributed by atoms with E-state index in [0.29, 0.717) is 6.42 Å². The van der Waals surface area contributed by atoms with E-state index in [4.69, 9.17) is 5.73 Å². The maximum Gasteiger partial charge on any atom is 0.0730 e. The summed E-state index contributed by atoms with van der Waals surface area (Å²) < 4.78 is 0. The normalized spacial score (nSPS) is 15.6. The van der Waals surface area contributed by atoms with Gasteiger partial charge in [0, 0.05) is 0 Å². The molecule has 0 aliphatic rings. The van der Waals surface area contributed by atoms with Gasteiger partial charge in [-0.05, 0) is 12.0 Å². The van der Waals surface area contributed by atoms with Crippen molar-refractivity contribution in [2.45, 2.75) is 25.5 Å². The molecule has 66 valence electrons. The molecule has 0 spiro atoms. The summed E-state index contributed by atoms with van der Waals surface area (Å²) >= 11 is 0. The smallest absolute Gasteiger partial charge is 0.0730 e. The highest BCUT2D eigenvalue weighted by Gasteiger charge is 2.13. The minimum absolute atomic E-state index is 0.254. The predicted octanol–water partition coefficient (Wildman–Crippen LogP) is 1.46. The van der Waals surface area contributed by atoms with Gasteiger partial charge in [-0.2, -0.15) is 0 Å². The van der Waals surface area contributed by atoms with Crippen LogP contribution in [-0.4, -0.2) is 11.2 Å². The van der Waals surface area contributed by atoms with Crippen LogP contribution in [0.25, 0.3) is 0 Å². The van der Waals surface area contributed by atoms with E-state index in [0.717, 1.165) is 5.56 Å². The van der Waals surface area contributed by atoms with Crippen molar-refractivity contribution >= 4 is 0 Å². The van der Waals surface area contributed by atoms with Gasteiger partial charge in [0.2, 0.25) is 0 Å². The molecule has 2 atom stereocenters. The quantitative estimate of drug-likeness (QED) is 0.712. The number of aliphatic hydroxyl groups excluding tert-OH is 1. The second-order valence-corrected chi connectivity index (χ2v) is 2.91. The molecule has 12 heavy (non-hydrogen) atoms. The summed E-state index contributed by atoms with van der Waals surface area (Å²) in [6.07, 6.45) is 0.253. The maximum absolute atomic E-state index is 9.45. The summed E-state index contributed by atoms with van der Waals surface area (Å²) in [7, 11) is 0. The fourth-order valence-electron chi connectivity index (χ4n) is 1.15. The highest BCUT2D eigenvalue weighted by molar-refractivity contribution is 5.19. The third-order valence-corrected chi connectivity index (χ3v) is 2.02. The third-order valence-electron chi connectivity index (χ3n) is 2.02. The minimum atomic E-state index is -0.438. The topological polar surface area (TPSA) is 46.2 Å². The van der Waals surface area contributed by atoms with Crippen LogP contribution in [-0.2, 0) is 0 Å². The van der Waals surface area contributed by atoms with Gasteiger partial charge in [0.15, 0.2) is 0 Å². The molecule has 1 aromatic rings. The molecule has 0 saturated carbocycles. The Balaban J connectivity index is 2.71. The average Bonchev–Trinajstić information content (AvgIpc) is 2.17. The molecule has 0 unspecified atom stereocenters. The van der Waals surface area contributed by atoms with Crippen LogP contribution >= 0.6 is 0 Å². The lowest BCUT2D eigenvalue weighted by molar-refractivity contribution is 0.140. The minimum Gasteiger partial charge on any atom is -0.391 e. The second kappa shape index (κ2) is 4.24. The van der Waals surface area contributed by atoms with Gasteiger partial charge < -0.3 is 10.8 Å². The van der Waals surface area contributed by atoms with Gasteiger partial charge in [-0.3, -0.25) is 0 Å². The molecular weight excluding hydrogens is 150 g/mol. The highest BCUT2D eigenvalue weighted by atomic mass is 16.3. The van der Waals surface area contributed by atoms with Gasteiger partial charge >= 0.3 is 0 Å². The first-order chi connectivity index (χ1) is 5.75. The monoisotopic (exact) mass is 165 g/mol. The molecule has 3 N–H and O–H groups in total. The lowest BCUT2D eigenvalue weighted by Crippen LogP contribution is -2.25. The largest absolute Gasteiger partial charge is 0.391 e. The van der Waals surface area contributed by atoms with Crippen LogP contribution in [0.5, 0.6) is 0 Å². The summed E-state index contributed by atoms with van der Waals surface area (Å²) in [5, 5.41) is 9.45. The third kappa shape index (κ3) is 2.06. The van der Waals surface area contributed by atoms with E-state index in [9.17, 15) is 5.11 Å². The van der Waals surface area contributed by atoms with Gasteiger partial charge in [0.1, 0.15) is 0 Å². The number of aliphatic hydroxyl groups is 1. The molecule has 0 radical (unpaired) electrons. The molecule has 0 bridgehead atoms. The van der Waals surface area contributed by atoms with Gasteiger partial charge in [-0.25, -0.2) is 0 Å². The van der Waals surface area contributed by atoms with Crippen molar-refractivity contribution in [3.63, 3.8) is 0 Å². The first-order valence-electron chi connectivity index (χ1n) is 4.24. The van der Waals surface area contributed by atoms with Crippen LogP contribution in [0.2, 0.25) is 0 Å². The maximum atomic E-state index is 9.45. The molecule has 2 heteroatoms. The van der Waals surface area contributed by atoms with E-state index in [2.05, 4.69) is 0 Å². The lowest BCUT2D eigenvalue weighted by atomic mass is 10.0. The van der Waals surface area contributed by atoms with Crippen molar-refractivity contribution in [2.24, 2.45) is 5.73 Å². The number of hydrogen-bond acceptors (Lipinski definition) is 2. The van der Waals surface area contributed by atoms with Crippen LogP contribution in [0.4, 0.5) is 0 Å². The first-order valence-corrected chi connectivity index (χ1v) is 4.24. The molecule has 0 aliphatic heterocycles. The van der Waals surface area contributed by atoms with Crippen LogP contribution in [0.1, 0.15) is 24.9 Å². The number of nitrogens with two attached hydrogens (primary N) is 1. The van der Waals surface area contributed by atoms with Crippen LogP contribution in [0.15, 0.2) is 30.3 Å². The van der Waals surface area contributed by atoms with Crippen molar-refractivity contribution in [3.05, 3.63) is 35.9 Å². The zero-order valence-electron chi connectivity index (χ0n) is 7.27. The Morgan fingerprint density at radius 1 is 1.33 bits per heavy atom. The summed E-state index contributed by atoms with van der Waals surface area (Å²) in [6.45, 7) is 1.92. The van der Waals surface area contributed by atoms with E-state index in [1.54, 1.807) is 0 Å². The Kier molecular flexibility index (Phi) is 3.26. The summed E-state index contributed by atoms with van der Waals surface area (Å²) in [5.41, 5.74) is 6.79. The molecule has 1 aromatic carbocycles. The Labute approximate surface area is 73.0 Å². The van der Waals surface area contributed by atoms with Gasteiger partial charge in [-0.15, -0.1) is 0 Å². The molecule has 0 amide bonds. The lowest BCUT2D eigenvalue weighted by Gasteiger charge is -2.17. The van der Waals surface area contributed by atoms with Crippen LogP contribution in [0.3, 0.4) is 0 Å². The molecule has 0 fully saturated rings. The van der Waals surface area contributed by atoms with Crippen molar-refractivity contribution < 1.29 is 5.11 Å². The van der Waals surface area contributed by atoms with E-state index in [-0.39, 0.29) is 6.04 Å². The van der Waals surface area contributed by atoms with Crippen LogP contribution in [0, 0.1) is 0 Å². The van der Waals surface area contributed by atoms with Gasteiger partial charge in [0.25, 0.3) is 0 Å². The van der Waals surface area contributed by atoms with Gasteiger partial charge in [-0.1, -0.05) is 37.3 Å². The Bertz CT molecular complexity index is 223. The fraction of sp³-hybridized carbons (Fsp3) is 0.400. The van der Waals surface area contributed by atoms with Crippen molar-refractivity contribution in [2.75, 3.05) is 0 Å². The van der Waals surface area contributed by atoms with Crippen LogP contribution < -0.4 is 5.73 Å². The number of rotatable bonds is 3. The summed E-state index contributed by atoms with van der Waals surface area (Å²) in [4.78, 5) is 0. The second-order valence-electron chi connectivity index (χ2n) is 2.91. The predicted molar refractivity (Wildman–Crippen MR) is 49.7 cm³/mol. The molecular formula is C10H15NO. The van der Waals surface area contributed by atoms with Crippen molar-refractivity contribution in [1.29, 1.82) is 0 Å². The average molecular weight is 165 g/mol. The molecule has 0 aromatic heterocycles. The zero-order valence-corrected chi connectivity index (χ0v) is 7.27. The van der Waals surface area contributed by atoms with E-state index in [1.807, 2.05) is 37.3 Å². The van der Waals surface area contributed by atoms with Crippen molar-refractivity contribution in [1.82, 2.24) is 0 Å².